The molecule has 0 aromatic carbocycles. The normalized spacial score (nSPS) is 35.3. The summed E-state index contributed by atoms with van der Waals surface area (Å²) in [6, 6.07) is 0.604. The van der Waals surface area contributed by atoms with E-state index < -0.39 is 5.60 Å². The van der Waals surface area contributed by atoms with Crippen LogP contribution in [0.2, 0.25) is 0 Å². The molecule has 2 N–H and O–H groups in total. The molecule has 2 fully saturated rings. The van der Waals surface area contributed by atoms with Crippen LogP contribution < -0.4 is 5.32 Å². The second kappa shape index (κ2) is 5.50. The van der Waals surface area contributed by atoms with E-state index in [1.165, 1.54) is 38.5 Å². The van der Waals surface area contributed by atoms with Gasteiger partial charge in [-0.3, -0.25) is 0 Å². The maximum atomic E-state index is 10.7. The van der Waals surface area contributed by atoms with Crippen molar-refractivity contribution in [2.45, 2.75) is 83.8 Å². The Balaban J connectivity index is 1.83. The molecule has 0 aromatic rings. The Labute approximate surface area is 113 Å². The van der Waals surface area contributed by atoms with Gasteiger partial charge in [-0.1, -0.05) is 46.5 Å². The minimum atomic E-state index is -0.428. The molecule has 0 bridgehead atoms. The molecular weight excluding hydrogens is 222 g/mol. The molecule has 2 aliphatic carbocycles. The van der Waals surface area contributed by atoms with E-state index >= 15 is 0 Å². The number of rotatable bonds is 3. The third-order valence-electron chi connectivity index (χ3n) is 5.06. The van der Waals surface area contributed by atoms with Crippen LogP contribution in [0.15, 0.2) is 0 Å². The SMILES string of the molecule is CC1CC(C)(C)CC1NCC1(O)CCCCCC1. The molecule has 18 heavy (non-hydrogen) atoms. The molecule has 0 heterocycles. The smallest absolute Gasteiger partial charge is 0.0771 e. The van der Waals surface area contributed by atoms with E-state index in [0.717, 1.165) is 25.3 Å². The van der Waals surface area contributed by atoms with Gasteiger partial charge in [-0.05, 0) is 37.0 Å². The summed E-state index contributed by atoms with van der Waals surface area (Å²) in [5.74, 6) is 0.745. The fraction of sp³-hybridized carbons (Fsp3) is 1.00. The molecule has 2 rings (SSSR count). The zero-order valence-corrected chi connectivity index (χ0v) is 12.5. The van der Waals surface area contributed by atoms with E-state index in [1.54, 1.807) is 0 Å². The average molecular weight is 253 g/mol. The van der Waals surface area contributed by atoms with Gasteiger partial charge in [0.25, 0.3) is 0 Å². The Morgan fingerprint density at radius 1 is 1.06 bits per heavy atom. The van der Waals surface area contributed by atoms with Crippen LogP contribution in [0, 0.1) is 11.3 Å². The van der Waals surface area contributed by atoms with E-state index in [9.17, 15) is 5.11 Å². The van der Waals surface area contributed by atoms with Crippen LogP contribution in [-0.2, 0) is 0 Å². The van der Waals surface area contributed by atoms with Crippen molar-refractivity contribution in [1.82, 2.24) is 5.32 Å². The Morgan fingerprint density at radius 2 is 1.67 bits per heavy atom. The average Bonchev–Trinajstić information content (AvgIpc) is 2.46. The molecule has 2 heteroatoms. The van der Waals surface area contributed by atoms with Gasteiger partial charge in [-0.2, -0.15) is 0 Å². The van der Waals surface area contributed by atoms with Crippen LogP contribution in [0.4, 0.5) is 0 Å². The van der Waals surface area contributed by atoms with E-state index in [1.807, 2.05) is 0 Å². The number of hydrogen-bond acceptors (Lipinski definition) is 2. The molecule has 0 saturated heterocycles. The van der Waals surface area contributed by atoms with Gasteiger partial charge in [0.05, 0.1) is 5.60 Å². The first-order valence-corrected chi connectivity index (χ1v) is 7.86. The third-order valence-corrected chi connectivity index (χ3v) is 5.06. The van der Waals surface area contributed by atoms with Gasteiger partial charge < -0.3 is 10.4 Å². The lowest BCUT2D eigenvalue weighted by molar-refractivity contribution is 0.0216. The fourth-order valence-electron chi connectivity index (χ4n) is 4.05. The number of aliphatic hydroxyl groups is 1. The van der Waals surface area contributed by atoms with Crippen LogP contribution in [0.5, 0.6) is 0 Å². The maximum Gasteiger partial charge on any atom is 0.0771 e. The molecule has 2 atom stereocenters. The Kier molecular flexibility index (Phi) is 4.38. The monoisotopic (exact) mass is 253 g/mol. The molecule has 2 nitrogen and oxygen atoms in total. The number of hydrogen-bond donors (Lipinski definition) is 2. The van der Waals surface area contributed by atoms with Gasteiger partial charge in [0.15, 0.2) is 0 Å². The van der Waals surface area contributed by atoms with Gasteiger partial charge in [0.2, 0.25) is 0 Å². The lowest BCUT2D eigenvalue weighted by Crippen LogP contribution is -2.45. The zero-order valence-electron chi connectivity index (χ0n) is 12.5. The van der Waals surface area contributed by atoms with Crippen molar-refractivity contribution >= 4 is 0 Å². The summed E-state index contributed by atoms with van der Waals surface area (Å²) in [6.07, 6.45) is 9.54. The summed E-state index contributed by atoms with van der Waals surface area (Å²) >= 11 is 0. The summed E-state index contributed by atoms with van der Waals surface area (Å²) in [4.78, 5) is 0. The quantitative estimate of drug-likeness (QED) is 0.755. The molecule has 2 aliphatic rings. The van der Waals surface area contributed by atoms with Crippen molar-refractivity contribution in [1.29, 1.82) is 0 Å². The highest BCUT2D eigenvalue weighted by atomic mass is 16.3. The molecule has 2 saturated carbocycles. The van der Waals surface area contributed by atoms with Gasteiger partial charge in [0.1, 0.15) is 0 Å². The summed E-state index contributed by atoms with van der Waals surface area (Å²) < 4.78 is 0. The van der Waals surface area contributed by atoms with Gasteiger partial charge in [0, 0.05) is 12.6 Å². The van der Waals surface area contributed by atoms with Crippen LogP contribution in [0.3, 0.4) is 0 Å². The van der Waals surface area contributed by atoms with Crippen LogP contribution in [0.25, 0.3) is 0 Å². The predicted octanol–water partition coefficient (Wildman–Crippen LogP) is 3.49. The standard InChI is InChI=1S/C16H31NO/c1-13-10-15(2,3)11-14(13)17-12-16(18)8-6-4-5-7-9-16/h13-14,17-18H,4-12H2,1-3H3. The highest BCUT2D eigenvalue weighted by Crippen LogP contribution is 2.41. The van der Waals surface area contributed by atoms with Crippen molar-refractivity contribution in [2.75, 3.05) is 6.54 Å². The Bertz CT molecular complexity index is 266. The highest BCUT2D eigenvalue weighted by Gasteiger charge is 2.38. The Hall–Kier alpha value is -0.0800. The fourth-order valence-corrected chi connectivity index (χ4v) is 4.05. The second-order valence-corrected chi connectivity index (χ2v) is 7.68. The zero-order chi connectivity index (χ0) is 13.2. The van der Waals surface area contributed by atoms with Gasteiger partial charge >= 0.3 is 0 Å². The van der Waals surface area contributed by atoms with Crippen molar-refractivity contribution < 1.29 is 5.11 Å². The van der Waals surface area contributed by atoms with E-state index in [0.29, 0.717) is 11.5 Å². The predicted molar refractivity (Wildman–Crippen MR) is 76.6 cm³/mol. The second-order valence-electron chi connectivity index (χ2n) is 7.68. The highest BCUT2D eigenvalue weighted by molar-refractivity contribution is 4.93. The lowest BCUT2D eigenvalue weighted by Gasteiger charge is -2.30. The molecule has 0 amide bonds. The minimum Gasteiger partial charge on any atom is -0.389 e. The van der Waals surface area contributed by atoms with Crippen LogP contribution >= 0.6 is 0 Å². The molecule has 0 aliphatic heterocycles. The van der Waals surface area contributed by atoms with Crippen molar-refractivity contribution in [2.24, 2.45) is 11.3 Å². The summed E-state index contributed by atoms with van der Waals surface area (Å²) in [6.45, 7) is 7.89. The van der Waals surface area contributed by atoms with Crippen molar-refractivity contribution in [3.05, 3.63) is 0 Å². The van der Waals surface area contributed by atoms with Crippen molar-refractivity contribution in [3.8, 4) is 0 Å². The first-order valence-electron chi connectivity index (χ1n) is 7.86. The summed E-state index contributed by atoms with van der Waals surface area (Å²) in [5, 5.41) is 14.3. The van der Waals surface area contributed by atoms with E-state index in [2.05, 4.69) is 26.1 Å². The molecule has 106 valence electrons. The van der Waals surface area contributed by atoms with E-state index in [4.69, 9.17) is 0 Å². The Morgan fingerprint density at radius 3 is 2.17 bits per heavy atom. The summed E-state index contributed by atoms with van der Waals surface area (Å²) in [5.41, 5.74) is 0.0477. The topological polar surface area (TPSA) is 32.3 Å². The molecule has 0 radical (unpaired) electrons. The third kappa shape index (κ3) is 3.71. The molecule has 0 aromatic heterocycles. The van der Waals surface area contributed by atoms with Gasteiger partial charge in [-0.25, -0.2) is 0 Å². The minimum absolute atomic E-state index is 0.428. The molecule has 0 spiro atoms. The largest absolute Gasteiger partial charge is 0.389 e. The first kappa shape index (κ1) is 14.3. The molecule has 2 unspecified atom stereocenters. The number of nitrogens with one attached hydrogen (secondary N) is 1. The van der Waals surface area contributed by atoms with Crippen LogP contribution in [-0.4, -0.2) is 23.3 Å². The molecular formula is C16H31NO. The van der Waals surface area contributed by atoms with E-state index in [-0.39, 0.29) is 0 Å². The summed E-state index contributed by atoms with van der Waals surface area (Å²) in [7, 11) is 0. The lowest BCUT2D eigenvalue weighted by atomic mass is 9.91. The maximum absolute atomic E-state index is 10.7. The van der Waals surface area contributed by atoms with Crippen molar-refractivity contribution in [3.63, 3.8) is 0 Å². The van der Waals surface area contributed by atoms with Gasteiger partial charge in [-0.15, -0.1) is 0 Å². The first-order chi connectivity index (χ1) is 8.40. The van der Waals surface area contributed by atoms with Crippen LogP contribution in [0.1, 0.15) is 72.1 Å².